The van der Waals surface area contributed by atoms with Gasteiger partial charge in [-0.2, -0.15) is 0 Å². The number of aromatic nitrogens is 3. The van der Waals surface area contributed by atoms with Gasteiger partial charge in [-0.1, -0.05) is 0 Å². The molecule has 0 fully saturated rings. The van der Waals surface area contributed by atoms with E-state index in [1.165, 1.54) is 12.1 Å². The average Bonchev–Trinajstić information content (AvgIpc) is 2.70. The van der Waals surface area contributed by atoms with Gasteiger partial charge in [-0.25, -0.2) is 4.39 Å². The Bertz CT molecular complexity index is 568. The summed E-state index contributed by atoms with van der Waals surface area (Å²) in [5.41, 5.74) is 6.27. The summed E-state index contributed by atoms with van der Waals surface area (Å²) in [6.45, 7) is 2.61. The fraction of sp³-hybridized carbons (Fsp3) is 0.385. The molecule has 1 aromatic heterocycles. The van der Waals surface area contributed by atoms with Gasteiger partial charge in [0.1, 0.15) is 24.0 Å². The minimum absolute atomic E-state index is 0.287. The van der Waals surface area contributed by atoms with Gasteiger partial charge in [0.05, 0.1) is 0 Å². The van der Waals surface area contributed by atoms with Crippen LogP contribution in [-0.4, -0.2) is 21.3 Å². The first kappa shape index (κ1) is 13.5. The quantitative estimate of drug-likeness (QED) is 0.885. The summed E-state index contributed by atoms with van der Waals surface area (Å²) in [6, 6.07) is 4.44. The van der Waals surface area contributed by atoms with Gasteiger partial charge in [-0.05, 0) is 43.7 Å². The van der Waals surface area contributed by atoms with Crippen LogP contribution in [0.1, 0.15) is 17.2 Å². The maximum absolute atomic E-state index is 13.2. The molecular weight excluding hydrogens is 247 g/mol. The van der Waals surface area contributed by atoms with Crippen LogP contribution < -0.4 is 10.5 Å². The van der Waals surface area contributed by atoms with Crippen molar-refractivity contribution in [3.8, 4) is 5.75 Å². The van der Waals surface area contributed by atoms with E-state index in [1.54, 1.807) is 6.07 Å². The molecule has 19 heavy (non-hydrogen) atoms. The smallest absolute Gasteiger partial charge is 0.170 e. The molecule has 0 aliphatic heterocycles. The zero-order valence-electron chi connectivity index (χ0n) is 11.1. The molecule has 0 bridgehead atoms. The van der Waals surface area contributed by atoms with Crippen molar-refractivity contribution in [2.24, 2.45) is 12.8 Å². The van der Waals surface area contributed by atoms with E-state index in [0.29, 0.717) is 25.3 Å². The van der Waals surface area contributed by atoms with Gasteiger partial charge in [0, 0.05) is 7.05 Å². The predicted molar refractivity (Wildman–Crippen MR) is 69.2 cm³/mol. The normalized spacial score (nSPS) is 10.7. The lowest BCUT2D eigenvalue weighted by Gasteiger charge is -2.10. The van der Waals surface area contributed by atoms with Crippen LogP contribution in [0.25, 0.3) is 0 Å². The summed E-state index contributed by atoms with van der Waals surface area (Å²) in [7, 11) is 1.87. The number of ether oxygens (including phenoxy) is 1. The zero-order valence-corrected chi connectivity index (χ0v) is 11.1. The number of halogens is 1. The van der Waals surface area contributed by atoms with Crippen LogP contribution in [-0.2, 0) is 20.1 Å². The highest BCUT2D eigenvalue weighted by Crippen LogP contribution is 2.21. The van der Waals surface area contributed by atoms with Crippen LogP contribution in [0.3, 0.4) is 0 Å². The molecule has 1 aromatic carbocycles. The van der Waals surface area contributed by atoms with E-state index in [0.717, 1.165) is 17.2 Å². The summed E-state index contributed by atoms with van der Waals surface area (Å²) >= 11 is 0. The van der Waals surface area contributed by atoms with E-state index in [2.05, 4.69) is 10.2 Å². The largest absolute Gasteiger partial charge is 0.485 e. The summed E-state index contributed by atoms with van der Waals surface area (Å²) in [5.74, 6) is 1.89. The predicted octanol–water partition coefficient (Wildman–Crippen LogP) is 1.34. The second-order valence-electron chi connectivity index (χ2n) is 4.30. The van der Waals surface area contributed by atoms with Gasteiger partial charge >= 0.3 is 0 Å². The van der Waals surface area contributed by atoms with Crippen molar-refractivity contribution < 1.29 is 9.13 Å². The second kappa shape index (κ2) is 5.79. The van der Waals surface area contributed by atoms with Crippen molar-refractivity contribution in [1.82, 2.24) is 14.8 Å². The first-order valence-corrected chi connectivity index (χ1v) is 6.08. The molecule has 0 aliphatic carbocycles. The van der Waals surface area contributed by atoms with Gasteiger partial charge in [-0.15, -0.1) is 10.2 Å². The molecule has 1 heterocycles. The number of hydrogen-bond acceptors (Lipinski definition) is 4. The number of nitrogens with two attached hydrogens (primary N) is 1. The monoisotopic (exact) mass is 264 g/mol. The summed E-state index contributed by atoms with van der Waals surface area (Å²) in [6.07, 6.45) is 0.574. The number of nitrogens with zero attached hydrogens (tertiary/aromatic N) is 3. The van der Waals surface area contributed by atoms with Crippen LogP contribution in [0.2, 0.25) is 0 Å². The number of hydrogen-bond donors (Lipinski definition) is 1. The first-order valence-electron chi connectivity index (χ1n) is 6.08. The highest BCUT2D eigenvalue weighted by Gasteiger charge is 2.09. The summed E-state index contributed by atoms with van der Waals surface area (Å²) in [5, 5.41) is 7.97. The van der Waals surface area contributed by atoms with Crippen LogP contribution >= 0.6 is 0 Å². The third-order valence-electron chi connectivity index (χ3n) is 2.98. The molecule has 0 aliphatic rings. The molecule has 5 nitrogen and oxygen atoms in total. The standard InChI is InChI=1S/C13H17FN4O/c1-9-16-17-13(18(9)2)8-19-12-4-3-11(14)7-10(12)5-6-15/h3-4,7H,5-6,8,15H2,1-2H3. The van der Waals surface area contributed by atoms with Gasteiger partial charge < -0.3 is 15.0 Å². The Kier molecular flexibility index (Phi) is 4.11. The Morgan fingerprint density at radius 3 is 2.79 bits per heavy atom. The lowest BCUT2D eigenvalue weighted by molar-refractivity contribution is 0.287. The molecule has 0 saturated carbocycles. The molecule has 2 rings (SSSR count). The van der Waals surface area contributed by atoms with Crippen molar-refractivity contribution in [3.05, 3.63) is 41.2 Å². The molecule has 0 radical (unpaired) electrons. The Balaban J connectivity index is 2.12. The molecule has 2 N–H and O–H groups in total. The van der Waals surface area contributed by atoms with Gasteiger partial charge in [0.15, 0.2) is 5.82 Å². The first-order chi connectivity index (χ1) is 9.11. The number of rotatable bonds is 5. The van der Waals surface area contributed by atoms with Crippen molar-refractivity contribution in [3.63, 3.8) is 0 Å². The number of aryl methyl sites for hydroxylation is 1. The van der Waals surface area contributed by atoms with E-state index in [9.17, 15) is 4.39 Å². The van der Waals surface area contributed by atoms with Gasteiger partial charge in [0.25, 0.3) is 0 Å². The Morgan fingerprint density at radius 2 is 2.16 bits per heavy atom. The highest BCUT2D eigenvalue weighted by molar-refractivity contribution is 5.34. The third kappa shape index (κ3) is 3.08. The zero-order chi connectivity index (χ0) is 13.8. The lowest BCUT2D eigenvalue weighted by Crippen LogP contribution is -2.08. The molecular formula is C13H17FN4O. The minimum atomic E-state index is -0.287. The van der Waals surface area contributed by atoms with Gasteiger partial charge in [0.2, 0.25) is 0 Å². The van der Waals surface area contributed by atoms with Crippen molar-refractivity contribution in [2.45, 2.75) is 20.0 Å². The van der Waals surface area contributed by atoms with Gasteiger partial charge in [-0.3, -0.25) is 0 Å². The molecule has 0 spiro atoms. The van der Waals surface area contributed by atoms with E-state index >= 15 is 0 Å². The SMILES string of the molecule is Cc1nnc(COc2ccc(F)cc2CCN)n1C. The fourth-order valence-corrected chi connectivity index (χ4v) is 1.76. The Hall–Kier alpha value is -1.95. The minimum Gasteiger partial charge on any atom is -0.485 e. The summed E-state index contributed by atoms with van der Waals surface area (Å²) < 4.78 is 20.7. The molecule has 0 atom stereocenters. The molecule has 0 saturated heterocycles. The van der Waals surface area contributed by atoms with E-state index in [4.69, 9.17) is 10.5 Å². The maximum atomic E-state index is 13.2. The Labute approximate surface area is 111 Å². The number of benzene rings is 1. The van der Waals surface area contributed by atoms with Crippen molar-refractivity contribution in [1.29, 1.82) is 0 Å². The van der Waals surface area contributed by atoms with Crippen LogP contribution in [0.4, 0.5) is 4.39 Å². The summed E-state index contributed by atoms with van der Waals surface area (Å²) in [4.78, 5) is 0. The Morgan fingerprint density at radius 1 is 1.37 bits per heavy atom. The molecule has 102 valence electrons. The molecule has 6 heteroatoms. The van der Waals surface area contributed by atoms with E-state index < -0.39 is 0 Å². The topological polar surface area (TPSA) is 66.0 Å². The molecule has 0 unspecified atom stereocenters. The maximum Gasteiger partial charge on any atom is 0.170 e. The second-order valence-corrected chi connectivity index (χ2v) is 4.30. The fourth-order valence-electron chi connectivity index (χ4n) is 1.76. The third-order valence-corrected chi connectivity index (χ3v) is 2.98. The van der Waals surface area contributed by atoms with Crippen LogP contribution in [0, 0.1) is 12.7 Å². The van der Waals surface area contributed by atoms with Crippen LogP contribution in [0.15, 0.2) is 18.2 Å². The van der Waals surface area contributed by atoms with Crippen molar-refractivity contribution >= 4 is 0 Å². The van der Waals surface area contributed by atoms with E-state index in [-0.39, 0.29) is 5.82 Å². The lowest BCUT2D eigenvalue weighted by atomic mass is 10.1. The molecule has 2 aromatic rings. The average molecular weight is 264 g/mol. The van der Waals surface area contributed by atoms with E-state index in [1.807, 2.05) is 18.5 Å². The highest BCUT2D eigenvalue weighted by atomic mass is 19.1. The van der Waals surface area contributed by atoms with Crippen molar-refractivity contribution in [2.75, 3.05) is 6.54 Å². The molecule has 0 amide bonds. The van der Waals surface area contributed by atoms with Crippen LogP contribution in [0.5, 0.6) is 5.75 Å².